The molecule has 0 aliphatic carbocycles. The van der Waals surface area contributed by atoms with Crippen LogP contribution in [0.15, 0.2) is 24.3 Å². The number of nitrogen functional groups attached to an aromatic ring is 1. The van der Waals surface area contributed by atoms with E-state index in [0.29, 0.717) is 36.5 Å². The average Bonchev–Trinajstić information content (AvgIpc) is 2.57. The molecule has 2 rings (SSSR count). The molecule has 7 nitrogen and oxygen atoms in total. The van der Waals surface area contributed by atoms with Gasteiger partial charge in [0.2, 0.25) is 5.95 Å². The molecule has 0 amide bonds. The largest absolute Gasteiger partial charge is 0.493 e. The monoisotopic (exact) mass is 332 g/mol. The van der Waals surface area contributed by atoms with E-state index >= 15 is 0 Å². The quantitative estimate of drug-likeness (QED) is 0.744. The highest BCUT2D eigenvalue weighted by Crippen LogP contribution is 2.33. The lowest BCUT2D eigenvalue weighted by Crippen LogP contribution is -2.15. The second-order valence-electron chi connectivity index (χ2n) is 5.32. The second-order valence-corrected chi connectivity index (χ2v) is 5.32. The molecule has 1 heterocycles. The molecule has 0 saturated carbocycles. The van der Waals surface area contributed by atoms with Crippen molar-refractivity contribution in [1.82, 2.24) is 9.97 Å². The Hall–Kier alpha value is -2.54. The summed E-state index contributed by atoms with van der Waals surface area (Å²) in [6, 6.07) is 7.41. The molecule has 0 spiro atoms. The highest BCUT2D eigenvalue weighted by atomic mass is 16.5. The van der Waals surface area contributed by atoms with Crippen LogP contribution < -0.4 is 20.1 Å². The lowest BCUT2D eigenvalue weighted by molar-refractivity contribution is 0.170. The van der Waals surface area contributed by atoms with Gasteiger partial charge in [0.1, 0.15) is 5.82 Å². The van der Waals surface area contributed by atoms with E-state index in [0.717, 1.165) is 17.8 Å². The second kappa shape index (κ2) is 8.35. The number of hydrogen-bond donors (Lipinski definition) is 1. The number of anilines is 3. The summed E-state index contributed by atoms with van der Waals surface area (Å²) in [5, 5.41) is 0. The van der Waals surface area contributed by atoms with E-state index in [1.165, 1.54) is 0 Å². The number of rotatable bonds is 8. The summed E-state index contributed by atoms with van der Waals surface area (Å²) in [7, 11) is 5.17. The van der Waals surface area contributed by atoms with Gasteiger partial charge in [0.15, 0.2) is 11.5 Å². The summed E-state index contributed by atoms with van der Waals surface area (Å²) in [5.74, 6) is 2.31. The molecule has 0 aliphatic rings. The summed E-state index contributed by atoms with van der Waals surface area (Å²) in [4.78, 5) is 10.5. The maximum atomic E-state index is 5.81. The van der Waals surface area contributed by atoms with Gasteiger partial charge in [-0.1, -0.05) is 0 Å². The lowest BCUT2D eigenvalue weighted by atomic mass is 10.2. The normalized spacial score (nSPS) is 10.5. The molecule has 0 saturated heterocycles. The number of nitrogens with two attached hydrogens (primary N) is 1. The topological polar surface area (TPSA) is 82.7 Å². The first-order valence-corrected chi connectivity index (χ1v) is 7.70. The van der Waals surface area contributed by atoms with Gasteiger partial charge in [-0.2, -0.15) is 4.98 Å². The van der Waals surface area contributed by atoms with E-state index in [1.54, 1.807) is 20.3 Å². The Morgan fingerprint density at radius 3 is 2.54 bits per heavy atom. The number of benzene rings is 1. The molecule has 24 heavy (non-hydrogen) atoms. The molecule has 2 N–H and O–H groups in total. The van der Waals surface area contributed by atoms with Crippen LogP contribution in [0.4, 0.5) is 17.5 Å². The van der Waals surface area contributed by atoms with Crippen molar-refractivity contribution in [3.05, 3.63) is 30.0 Å². The molecular formula is C17H24N4O3. The first-order chi connectivity index (χ1) is 11.5. The van der Waals surface area contributed by atoms with E-state index in [2.05, 4.69) is 9.97 Å². The highest BCUT2D eigenvalue weighted by Gasteiger charge is 2.12. The Bertz CT molecular complexity index is 659. The molecule has 2 aromatic rings. The number of hydrogen-bond acceptors (Lipinski definition) is 7. The Morgan fingerprint density at radius 1 is 1.08 bits per heavy atom. The Labute approximate surface area is 142 Å². The zero-order chi connectivity index (χ0) is 17.5. The van der Waals surface area contributed by atoms with Crippen LogP contribution in [0.2, 0.25) is 0 Å². The van der Waals surface area contributed by atoms with E-state index in [1.807, 2.05) is 37.1 Å². The fraction of sp³-hybridized carbons (Fsp3) is 0.412. The Morgan fingerprint density at radius 2 is 1.88 bits per heavy atom. The first kappa shape index (κ1) is 17.8. The minimum atomic E-state index is 0.439. The van der Waals surface area contributed by atoms with E-state index in [-0.39, 0.29) is 0 Å². The van der Waals surface area contributed by atoms with Gasteiger partial charge >= 0.3 is 0 Å². The molecule has 1 aromatic carbocycles. The van der Waals surface area contributed by atoms with Crippen molar-refractivity contribution in [3.63, 3.8) is 0 Å². The molecular weight excluding hydrogens is 308 g/mol. The standard InChI is InChI=1S/C17H24N4O3/c1-12-10-16(18)20-17(19-12)21(2)13-6-7-14(23-4)15(11-13)24-9-5-8-22-3/h6-7,10-11H,5,8-9H2,1-4H3,(H2,18,19,20). The van der Waals surface area contributed by atoms with Crippen LogP contribution in [0.5, 0.6) is 11.5 Å². The zero-order valence-corrected chi connectivity index (χ0v) is 14.6. The van der Waals surface area contributed by atoms with Gasteiger partial charge in [0.05, 0.1) is 13.7 Å². The molecule has 1 aromatic heterocycles. The van der Waals surface area contributed by atoms with Gasteiger partial charge in [-0.15, -0.1) is 0 Å². The fourth-order valence-corrected chi connectivity index (χ4v) is 2.21. The summed E-state index contributed by atoms with van der Waals surface area (Å²) < 4.78 is 16.2. The predicted octanol–water partition coefficient (Wildman–Crippen LogP) is 2.56. The van der Waals surface area contributed by atoms with Crippen molar-refractivity contribution in [2.75, 3.05) is 45.1 Å². The van der Waals surface area contributed by atoms with E-state index in [4.69, 9.17) is 19.9 Å². The predicted molar refractivity (Wildman–Crippen MR) is 94.2 cm³/mol. The third-order valence-corrected chi connectivity index (χ3v) is 3.45. The summed E-state index contributed by atoms with van der Waals surface area (Å²) in [5.41, 5.74) is 7.50. The molecule has 0 aliphatic heterocycles. The maximum Gasteiger partial charge on any atom is 0.231 e. The Balaban J connectivity index is 2.22. The highest BCUT2D eigenvalue weighted by molar-refractivity contribution is 5.62. The van der Waals surface area contributed by atoms with E-state index in [9.17, 15) is 0 Å². The third kappa shape index (κ3) is 4.48. The first-order valence-electron chi connectivity index (χ1n) is 7.70. The number of nitrogens with zero attached hydrogens (tertiary/aromatic N) is 3. The van der Waals surface area contributed by atoms with Crippen molar-refractivity contribution < 1.29 is 14.2 Å². The van der Waals surface area contributed by atoms with Crippen LogP contribution in [-0.4, -0.2) is 44.4 Å². The molecule has 0 bridgehead atoms. The smallest absolute Gasteiger partial charge is 0.231 e. The van der Waals surface area contributed by atoms with Crippen LogP contribution in [-0.2, 0) is 4.74 Å². The van der Waals surface area contributed by atoms with Crippen molar-refractivity contribution in [2.24, 2.45) is 0 Å². The maximum absolute atomic E-state index is 5.81. The van der Waals surface area contributed by atoms with Crippen molar-refractivity contribution in [2.45, 2.75) is 13.3 Å². The van der Waals surface area contributed by atoms with Crippen molar-refractivity contribution in [3.8, 4) is 11.5 Å². The van der Waals surface area contributed by atoms with Gasteiger partial charge in [-0.05, 0) is 19.1 Å². The SMILES string of the molecule is COCCCOc1cc(N(C)c2nc(C)cc(N)n2)ccc1OC. The zero-order valence-electron chi connectivity index (χ0n) is 14.6. The average molecular weight is 332 g/mol. The van der Waals surface area contributed by atoms with Crippen LogP contribution >= 0.6 is 0 Å². The van der Waals surface area contributed by atoms with E-state index < -0.39 is 0 Å². The molecule has 0 radical (unpaired) electrons. The van der Waals surface area contributed by atoms with Crippen LogP contribution in [0.25, 0.3) is 0 Å². The summed E-state index contributed by atoms with van der Waals surface area (Å²) in [6.07, 6.45) is 0.803. The molecule has 0 fully saturated rings. The lowest BCUT2D eigenvalue weighted by Gasteiger charge is -2.20. The van der Waals surface area contributed by atoms with Gasteiger partial charge in [0.25, 0.3) is 0 Å². The van der Waals surface area contributed by atoms with Crippen LogP contribution in [0.1, 0.15) is 12.1 Å². The molecule has 0 atom stereocenters. The fourth-order valence-electron chi connectivity index (χ4n) is 2.21. The molecule has 0 unspecified atom stereocenters. The number of ether oxygens (including phenoxy) is 3. The van der Waals surface area contributed by atoms with Gasteiger partial charge in [-0.25, -0.2) is 4.98 Å². The minimum absolute atomic E-state index is 0.439. The molecule has 7 heteroatoms. The third-order valence-electron chi connectivity index (χ3n) is 3.45. The number of aryl methyl sites for hydroxylation is 1. The summed E-state index contributed by atoms with van der Waals surface area (Å²) >= 11 is 0. The van der Waals surface area contributed by atoms with Crippen LogP contribution in [0, 0.1) is 6.92 Å². The minimum Gasteiger partial charge on any atom is -0.493 e. The van der Waals surface area contributed by atoms with Gasteiger partial charge < -0.3 is 24.8 Å². The van der Waals surface area contributed by atoms with Gasteiger partial charge in [0, 0.05) is 50.7 Å². The van der Waals surface area contributed by atoms with Crippen LogP contribution in [0.3, 0.4) is 0 Å². The number of methoxy groups -OCH3 is 2. The van der Waals surface area contributed by atoms with Crippen molar-refractivity contribution in [1.29, 1.82) is 0 Å². The van der Waals surface area contributed by atoms with Crippen molar-refractivity contribution >= 4 is 17.5 Å². The molecule has 130 valence electrons. The number of aromatic nitrogens is 2. The Kier molecular flexibility index (Phi) is 6.20. The van der Waals surface area contributed by atoms with Gasteiger partial charge in [-0.3, -0.25) is 0 Å². The summed E-state index contributed by atoms with van der Waals surface area (Å²) in [6.45, 7) is 3.08.